The SMILES string of the molecule is Cc1ccc(F)c2nc(-c3ccc(Cl)cc3)nc(Cl)c12. The molecule has 0 radical (unpaired) electrons. The van der Waals surface area contributed by atoms with Gasteiger partial charge in [-0.1, -0.05) is 29.3 Å². The van der Waals surface area contributed by atoms with Crippen LogP contribution in [0.5, 0.6) is 0 Å². The molecular formula is C15H9Cl2FN2. The van der Waals surface area contributed by atoms with Crippen LogP contribution in [0.15, 0.2) is 36.4 Å². The summed E-state index contributed by atoms with van der Waals surface area (Å²) in [6.45, 7) is 1.85. The van der Waals surface area contributed by atoms with Crippen molar-refractivity contribution in [3.63, 3.8) is 0 Å². The van der Waals surface area contributed by atoms with Crippen LogP contribution < -0.4 is 0 Å². The first kappa shape index (κ1) is 13.3. The number of aromatic nitrogens is 2. The average Bonchev–Trinajstić information content (AvgIpc) is 2.43. The van der Waals surface area contributed by atoms with Gasteiger partial charge in [-0.15, -0.1) is 0 Å². The average molecular weight is 307 g/mol. The molecule has 1 heterocycles. The van der Waals surface area contributed by atoms with Gasteiger partial charge in [-0.3, -0.25) is 0 Å². The molecule has 0 atom stereocenters. The third-order valence-corrected chi connectivity index (χ3v) is 3.59. The van der Waals surface area contributed by atoms with E-state index in [1.807, 2.05) is 6.92 Å². The van der Waals surface area contributed by atoms with Crippen LogP contribution in [0.2, 0.25) is 10.2 Å². The van der Waals surface area contributed by atoms with Crippen LogP contribution in [0, 0.1) is 12.7 Å². The molecule has 5 heteroatoms. The Kier molecular flexibility index (Phi) is 3.32. The molecule has 2 aromatic carbocycles. The van der Waals surface area contributed by atoms with Gasteiger partial charge in [0.2, 0.25) is 0 Å². The molecule has 0 aliphatic heterocycles. The number of halogens is 3. The molecule has 0 saturated carbocycles. The lowest BCUT2D eigenvalue weighted by molar-refractivity contribution is 0.636. The van der Waals surface area contributed by atoms with Crippen molar-refractivity contribution >= 4 is 34.1 Å². The van der Waals surface area contributed by atoms with Crippen molar-refractivity contribution in [3.05, 3.63) is 58.0 Å². The molecule has 0 saturated heterocycles. The summed E-state index contributed by atoms with van der Waals surface area (Å²) in [5, 5.41) is 1.41. The highest BCUT2D eigenvalue weighted by Gasteiger charge is 2.13. The topological polar surface area (TPSA) is 25.8 Å². The molecule has 100 valence electrons. The zero-order valence-corrected chi connectivity index (χ0v) is 12.0. The van der Waals surface area contributed by atoms with Crippen LogP contribution in [0.25, 0.3) is 22.3 Å². The van der Waals surface area contributed by atoms with Crippen LogP contribution in [-0.4, -0.2) is 9.97 Å². The van der Waals surface area contributed by atoms with Crippen molar-refractivity contribution in [1.82, 2.24) is 9.97 Å². The van der Waals surface area contributed by atoms with Gasteiger partial charge < -0.3 is 0 Å². The minimum atomic E-state index is -0.412. The Bertz CT molecular complexity index is 801. The molecule has 0 aliphatic rings. The quantitative estimate of drug-likeness (QED) is 0.588. The fourth-order valence-corrected chi connectivity index (χ4v) is 2.49. The van der Waals surface area contributed by atoms with E-state index in [1.54, 1.807) is 30.3 Å². The molecule has 20 heavy (non-hydrogen) atoms. The highest BCUT2D eigenvalue weighted by atomic mass is 35.5. The number of hydrogen-bond acceptors (Lipinski definition) is 2. The first-order valence-electron chi connectivity index (χ1n) is 5.94. The molecule has 0 bridgehead atoms. The van der Waals surface area contributed by atoms with Crippen molar-refractivity contribution in [2.45, 2.75) is 6.92 Å². The largest absolute Gasteiger partial charge is 0.225 e. The maximum Gasteiger partial charge on any atom is 0.161 e. The Hall–Kier alpha value is -1.71. The van der Waals surface area contributed by atoms with E-state index in [2.05, 4.69) is 9.97 Å². The lowest BCUT2D eigenvalue weighted by atomic mass is 10.1. The van der Waals surface area contributed by atoms with Crippen molar-refractivity contribution in [3.8, 4) is 11.4 Å². The van der Waals surface area contributed by atoms with Crippen LogP contribution >= 0.6 is 23.2 Å². The Morgan fingerprint density at radius 1 is 0.950 bits per heavy atom. The molecule has 0 fully saturated rings. The van der Waals surface area contributed by atoms with Crippen molar-refractivity contribution in [1.29, 1.82) is 0 Å². The van der Waals surface area contributed by atoms with Gasteiger partial charge in [0.05, 0.1) is 0 Å². The highest BCUT2D eigenvalue weighted by molar-refractivity contribution is 6.34. The van der Waals surface area contributed by atoms with Crippen LogP contribution in [-0.2, 0) is 0 Å². The van der Waals surface area contributed by atoms with Crippen LogP contribution in [0.4, 0.5) is 4.39 Å². The Morgan fingerprint density at radius 3 is 2.35 bits per heavy atom. The van der Waals surface area contributed by atoms with Crippen molar-refractivity contribution in [2.75, 3.05) is 0 Å². The highest BCUT2D eigenvalue weighted by Crippen LogP contribution is 2.29. The molecule has 0 unspecified atom stereocenters. The van der Waals surface area contributed by atoms with E-state index in [9.17, 15) is 4.39 Å². The molecule has 0 N–H and O–H groups in total. The molecule has 3 aromatic rings. The summed E-state index contributed by atoms with van der Waals surface area (Å²) in [5.41, 5.74) is 1.81. The van der Waals surface area contributed by atoms with Gasteiger partial charge in [-0.25, -0.2) is 14.4 Å². The maximum atomic E-state index is 13.9. The van der Waals surface area contributed by atoms with E-state index in [4.69, 9.17) is 23.2 Å². The number of benzene rings is 2. The van der Waals surface area contributed by atoms with Gasteiger partial charge in [0.1, 0.15) is 16.5 Å². The van der Waals surface area contributed by atoms with Gasteiger partial charge in [0.15, 0.2) is 5.82 Å². The summed E-state index contributed by atoms with van der Waals surface area (Å²) in [5.74, 6) is -0.0335. The van der Waals surface area contributed by atoms with Crippen molar-refractivity contribution < 1.29 is 4.39 Å². The minimum absolute atomic E-state index is 0.231. The lowest BCUT2D eigenvalue weighted by Crippen LogP contribution is -1.95. The van der Waals surface area contributed by atoms with Crippen LogP contribution in [0.3, 0.4) is 0 Å². The van der Waals surface area contributed by atoms with Crippen molar-refractivity contribution in [2.24, 2.45) is 0 Å². The number of nitrogens with zero attached hydrogens (tertiary/aromatic N) is 2. The number of aryl methyl sites for hydroxylation is 1. The summed E-state index contributed by atoms with van der Waals surface area (Å²) in [6, 6.07) is 10.0. The first-order chi connectivity index (χ1) is 9.56. The normalized spacial score (nSPS) is 11.0. The van der Waals surface area contributed by atoms with E-state index < -0.39 is 5.82 Å². The Balaban J connectivity index is 2.29. The molecule has 0 spiro atoms. The fraction of sp³-hybridized carbons (Fsp3) is 0.0667. The second kappa shape index (κ2) is 5.00. The molecule has 2 nitrogen and oxygen atoms in total. The van der Waals surface area contributed by atoms with E-state index in [1.165, 1.54) is 6.07 Å². The fourth-order valence-electron chi connectivity index (χ4n) is 2.04. The van der Waals surface area contributed by atoms with Gasteiger partial charge in [0.25, 0.3) is 0 Å². The smallest absolute Gasteiger partial charge is 0.161 e. The standard InChI is InChI=1S/C15H9Cl2FN2/c1-8-2-7-11(18)13-12(8)14(17)20-15(19-13)9-3-5-10(16)6-4-9/h2-7H,1H3. The van der Waals surface area contributed by atoms with E-state index >= 15 is 0 Å². The third kappa shape index (κ3) is 2.23. The summed E-state index contributed by atoms with van der Waals surface area (Å²) < 4.78 is 13.9. The number of hydrogen-bond donors (Lipinski definition) is 0. The Morgan fingerprint density at radius 2 is 1.65 bits per heavy atom. The lowest BCUT2D eigenvalue weighted by Gasteiger charge is -2.07. The van der Waals surface area contributed by atoms with E-state index in [0.717, 1.165) is 11.1 Å². The summed E-state index contributed by atoms with van der Waals surface area (Å²) in [4.78, 5) is 8.53. The minimum Gasteiger partial charge on any atom is -0.225 e. The van der Waals surface area contributed by atoms with Gasteiger partial charge >= 0.3 is 0 Å². The predicted octanol–water partition coefficient (Wildman–Crippen LogP) is 5.05. The second-order valence-electron chi connectivity index (χ2n) is 4.43. The van der Waals surface area contributed by atoms with Gasteiger partial charge in [-0.2, -0.15) is 0 Å². The van der Waals surface area contributed by atoms with E-state index in [-0.39, 0.29) is 10.7 Å². The summed E-state index contributed by atoms with van der Waals surface area (Å²) >= 11 is 12.0. The molecule has 1 aromatic heterocycles. The Labute approximate surface area is 125 Å². The molecule has 0 aliphatic carbocycles. The monoisotopic (exact) mass is 306 g/mol. The van der Waals surface area contributed by atoms with Gasteiger partial charge in [0, 0.05) is 16.0 Å². The zero-order valence-electron chi connectivity index (χ0n) is 10.5. The third-order valence-electron chi connectivity index (χ3n) is 3.07. The second-order valence-corrected chi connectivity index (χ2v) is 5.23. The summed E-state index contributed by atoms with van der Waals surface area (Å²) in [6.07, 6.45) is 0. The molecule has 0 amide bonds. The van der Waals surface area contributed by atoms with Crippen LogP contribution in [0.1, 0.15) is 5.56 Å². The predicted molar refractivity (Wildman–Crippen MR) is 79.7 cm³/mol. The van der Waals surface area contributed by atoms with Gasteiger partial charge in [-0.05, 0) is 42.8 Å². The summed E-state index contributed by atoms with van der Waals surface area (Å²) in [7, 11) is 0. The number of fused-ring (bicyclic) bond motifs is 1. The molecular weight excluding hydrogens is 298 g/mol. The van der Waals surface area contributed by atoms with E-state index in [0.29, 0.717) is 16.2 Å². The number of rotatable bonds is 1. The molecule has 3 rings (SSSR count). The maximum absolute atomic E-state index is 13.9. The zero-order chi connectivity index (χ0) is 14.3. The first-order valence-corrected chi connectivity index (χ1v) is 6.70.